The molecule has 0 aromatic heterocycles. The summed E-state index contributed by atoms with van der Waals surface area (Å²) in [5, 5.41) is 3.36. The van der Waals surface area contributed by atoms with Gasteiger partial charge in [-0.3, -0.25) is 9.27 Å². The Morgan fingerprint density at radius 1 is 1.10 bits per heavy atom. The summed E-state index contributed by atoms with van der Waals surface area (Å²) in [6.07, 6.45) is 3.72. The van der Waals surface area contributed by atoms with Gasteiger partial charge in [0.05, 0.1) is 28.4 Å². The van der Waals surface area contributed by atoms with Gasteiger partial charge in [-0.1, -0.05) is 56.7 Å². The highest BCUT2D eigenvalue weighted by Crippen LogP contribution is 2.40. The molecule has 6 nitrogen and oxygen atoms in total. The van der Waals surface area contributed by atoms with E-state index in [2.05, 4.69) is 17.0 Å². The summed E-state index contributed by atoms with van der Waals surface area (Å²) >= 11 is -0.812. The molecule has 158 valence electrons. The van der Waals surface area contributed by atoms with Crippen LogP contribution in [0.5, 0.6) is 0 Å². The highest BCUT2D eigenvalue weighted by molar-refractivity contribution is 7.99. The van der Waals surface area contributed by atoms with Gasteiger partial charge in [-0.25, -0.2) is 9.00 Å². The van der Waals surface area contributed by atoms with Crippen LogP contribution in [0.15, 0.2) is 52.3 Å². The average Bonchev–Trinajstić information content (AvgIpc) is 2.70. The first-order chi connectivity index (χ1) is 14.0. The number of benzene rings is 2. The number of carbonyl (C=O) groups is 1. The van der Waals surface area contributed by atoms with Crippen LogP contribution < -0.4 is 10.0 Å². The van der Waals surface area contributed by atoms with E-state index >= 15 is 0 Å². The largest absolute Gasteiger partial charge is 0.462 e. The van der Waals surface area contributed by atoms with E-state index in [9.17, 15) is 13.6 Å². The molecule has 0 bridgehead atoms. The van der Waals surface area contributed by atoms with Gasteiger partial charge >= 0.3 is 5.97 Å². The van der Waals surface area contributed by atoms with Crippen LogP contribution in [0.25, 0.3) is 0 Å². The lowest BCUT2D eigenvalue weighted by molar-refractivity contribution is 0.0499. The molecule has 8 heteroatoms. The molecule has 0 spiro atoms. The molecule has 1 atom stereocenters. The van der Waals surface area contributed by atoms with Crippen molar-refractivity contribution in [3.8, 4) is 0 Å². The standard InChI is InChI=1S/C21H28N2O4S2/c1-3-5-12-22-18-14-16(21(24)27-13-6-4-2)15-19(23-29(25)26)20(18)28-17-10-8-7-9-11-17/h7-11,14-15,22-23H,3-6,12-13H2,1-2H3,(H,25,26). The molecule has 0 aliphatic rings. The van der Waals surface area contributed by atoms with E-state index in [0.717, 1.165) is 47.7 Å². The van der Waals surface area contributed by atoms with Crippen LogP contribution in [0.3, 0.4) is 0 Å². The summed E-state index contributed by atoms with van der Waals surface area (Å²) in [5.74, 6) is -0.444. The fraction of sp³-hybridized carbons (Fsp3) is 0.381. The van der Waals surface area contributed by atoms with E-state index in [0.29, 0.717) is 17.9 Å². The molecule has 0 aliphatic carbocycles. The normalized spacial score (nSPS) is 11.7. The van der Waals surface area contributed by atoms with E-state index in [1.165, 1.54) is 11.8 Å². The van der Waals surface area contributed by atoms with Crippen molar-refractivity contribution in [3.05, 3.63) is 48.0 Å². The molecule has 2 aromatic carbocycles. The minimum Gasteiger partial charge on any atom is -0.462 e. The van der Waals surface area contributed by atoms with Crippen molar-refractivity contribution >= 4 is 40.4 Å². The average molecular weight is 437 g/mol. The van der Waals surface area contributed by atoms with Gasteiger partial charge < -0.3 is 10.1 Å². The van der Waals surface area contributed by atoms with Gasteiger partial charge in [-0.2, -0.15) is 0 Å². The molecule has 2 rings (SSSR count). The zero-order chi connectivity index (χ0) is 21.1. The number of carbonyl (C=O) groups excluding carboxylic acids is 1. The summed E-state index contributed by atoms with van der Waals surface area (Å²) in [6.45, 7) is 5.21. The second-order valence-electron chi connectivity index (χ2n) is 6.44. The van der Waals surface area contributed by atoms with Gasteiger partial charge in [-0.05, 0) is 37.1 Å². The van der Waals surface area contributed by atoms with E-state index in [-0.39, 0.29) is 0 Å². The maximum Gasteiger partial charge on any atom is 0.338 e. The van der Waals surface area contributed by atoms with Crippen molar-refractivity contribution in [2.24, 2.45) is 0 Å². The van der Waals surface area contributed by atoms with Gasteiger partial charge in [-0.15, -0.1) is 0 Å². The Morgan fingerprint density at radius 2 is 1.79 bits per heavy atom. The molecular formula is C21H28N2O4S2. The molecule has 2 aromatic rings. The predicted octanol–water partition coefficient (Wildman–Crippen LogP) is 5.56. The van der Waals surface area contributed by atoms with E-state index in [1.807, 2.05) is 37.3 Å². The summed E-state index contributed by atoms with van der Waals surface area (Å²) in [7, 11) is 0. The first-order valence-electron chi connectivity index (χ1n) is 9.74. The van der Waals surface area contributed by atoms with E-state index in [4.69, 9.17) is 4.74 Å². The Kier molecular flexibility index (Phi) is 10.0. The molecule has 0 radical (unpaired) electrons. The van der Waals surface area contributed by atoms with E-state index in [1.54, 1.807) is 12.1 Å². The minimum atomic E-state index is -2.27. The molecule has 0 heterocycles. The van der Waals surface area contributed by atoms with Crippen molar-refractivity contribution in [2.75, 3.05) is 23.2 Å². The summed E-state index contributed by atoms with van der Waals surface area (Å²) in [4.78, 5) is 14.2. The smallest absolute Gasteiger partial charge is 0.338 e. The van der Waals surface area contributed by atoms with Gasteiger partial charge in [0, 0.05) is 11.4 Å². The molecule has 0 amide bonds. The third kappa shape index (κ3) is 7.72. The van der Waals surface area contributed by atoms with Crippen LogP contribution in [0.2, 0.25) is 0 Å². The van der Waals surface area contributed by atoms with Gasteiger partial charge in [0.25, 0.3) is 11.3 Å². The maximum atomic E-state index is 12.5. The van der Waals surface area contributed by atoms with Crippen LogP contribution in [-0.4, -0.2) is 27.9 Å². The summed E-state index contributed by atoms with van der Waals surface area (Å²) in [6, 6.07) is 13.0. The first-order valence-corrected chi connectivity index (χ1v) is 11.7. The minimum absolute atomic E-state index is 0.338. The van der Waals surface area contributed by atoms with Crippen molar-refractivity contribution in [1.82, 2.24) is 0 Å². The number of hydrogen-bond donors (Lipinski definition) is 3. The molecule has 0 saturated heterocycles. The molecule has 0 saturated carbocycles. The van der Waals surface area contributed by atoms with Crippen LogP contribution in [-0.2, 0) is 16.0 Å². The van der Waals surface area contributed by atoms with Crippen molar-refractivity contribution in [2.45, 2.75) is 49.3 Å². The zero-order valence-corrected chi connectivity index (χ0v) is 18.4. The van der Waals surface area contributed by atoms with Crippen LogP contribution in [0, 0.1) is 0 Å². The number of hydrogen-bond acceptors (Lipinski definition) is 5. The Morgan fingerprint density at radius 3 is 2.45 bits per heavy atom. The SMILES string of the molecule is CCCCNc1cc(C(=O)OCCCC)cc(NS(=O)O)c1Sc1ccccc1. The Labute approximate surface area is 179 Å². The quantitative estimate of drug-likeness (QED) is 0.229. The summed E-state index contributed by atoms with van der Waals surface area (Å²) < 4.78 is 28.8. The monoisotopic (exact) mass is 436 g/mol. The highest BCUT2D eigenvalue weighted by Gasteiger charge is 2.18. The van der Waals surface area contributed by atoms with Gasteiger partial charge in [0.1, 0.15) is 0 Å². The second-order valence-corrected chi connectivity index (χ2v) is 8.22. The molecular weight excluding hydrogens is 408 g/mol. The molecule has 29 heavy (non-hydrogen) atoms. The van der Waals surface area contributed by atoms with E-state index < -0.39 is 17.2 Å². The molecule has 3 N–H and O–H groups in total. The lowest BCUT2D eigenvalue weighted by Crippen LogP contribution is -2.12. The third-order valence-corrected chi connectivity index (χ3v) is 5.61. The first kappa shape index (κ1) is 23.3. The number of ether oxygens (including phenoxy) is 1. The lowest BCUT2D eigenvalue weighted by Gasteiger charge is -2.18. The number of rotatable bonds is 12. The van der Waals surface area contributed by atoms with Gasteiger partial charge in [0.2, 0.25) is 0 Å². The molecule has 0 fully saturated rings. The number of unbranched alkanes of at least 4 members (excludes halogenated alkanes) is 2. The fourth-order valence-corrected chi connectivity index (χ4v) is 3.96. The number of esters is 1. The van der Waals surface area contributed by atoms with Crippen LogP contribution in [0.4, 0.5) is 11.4 Å². The topological polar surface area (TPSA) is 87.7 Å². The third-order valence-electron chi connectivity index (χ3n) is 4.06. The Bertz CT molecular complexity index is 816. The Hall–Kier alpha value is -2.03. The number of nitrogens with one attached hydrogen (secondary N) is 2. The van der Waals surface area contributed by atoms with Crippen molar-refractivity contribution in [1.29, 1.82) is 0 Å². The summed E-state index contributed by atoms with van der Waals surface area (Å²) in [5.41, 5.74) is 1.47. The molecule has 0 aliphatic heterocycles. The Balaban J connectivity index is 2.42. The van der Waals surface area contributed by atoms with Crippen LogP contribution >= 0.6 is 11.8 Å². The fourth-order valence-electron chi connectivity index (χ4n) is 2.56. The zero-order valence-electron chi connectivity index (χ0n) is 16.8. The van der Waals surface area contributed by atoms with Crippen molar-refractivity contribution in [3.63, 3.8) is 0 Å². The maximum absolute atomic E-state index is 12.5. The highest BCUT2D eigenvalue weighted by atomic mass is 32.2. The van der Waals surface area contributed by atoms with Gasteiger partial charge in [0.15, 0.2) is 0 Å². The van der Waals surface area contributed by atoms with Crippen molar-refractivity contribution < 1.29 is 18.3 Å². The second kappa shape index (κ2) is 12.5. The molecule has 1 unspecified atom stereocenters. The number of anilines is 2. The predicted molar refractivity (Wildman–Crippen MR) is 120 cm³/mol. The lowest BCUT2D eigenvalue weighted by atomic mass is 10.1. The van der Waals surface area contributed by atoms with Crippen LogP contribution in [0.1, 0.15) is 49.9 Å².